The summed E-state index contributed by atoms with van der Waals surface area (Å²) in [6.07, 6.45) is -2.91. The Morgan fingerprint density at radius 1 is 1.33 bits per heavy atom. The van der Waals surface area contributed by atoms with E-state index in [1.165, 1.54) is 0 Å². The summed E-state index contributed by atoms with van der Waals surface area (Å²) in [6.45, 7) is 6.03. The van der Waals surface area contributed by atoms with Gasteiger partial charge < -0.3 is 15.0 Å². The highest BCUT2D eigenvalue weighted by molar-refractivity contribution is 5.69. The monoisotopic (exact) mass is 308 g/mol. The van der Waals surface area contributed by atoms with Crippen molar-refractivity contribution in [2.24, 2.45) is 0 Å². The van der Waals surface area contributed by atoms with Gasteiger partial charge in [0.1, 0.15) is 11.1 Å². The summed E-state index contributed by atoms with van der Waals surface area (Å²) in [4.78, 5) is 13.6. The smallest absolute Gasteiger partial charge is 0.410 e. The van der Waals surface area contributed by atoms with Crippen molar-refractivity contribution in [3.05, 3.63) is 0 Å². The number of hydrogen-bond donors (Lipinski definition) is 1. The van der Waals surface area contributed by atoms with Gasteiger partial charge in [0.2, 0.25) is 0 Å². The summed E-state index contributed by atoms with van der Waals surface area (Å²) in [6, 6.07) is -0.223. The fourth-order valence-electron chi connectivity index (χ4n) is 2.61. The van der Waals surface area contributed by atoms with Crippen molar-refractivity contribution in [3.63, 3.8) is 0 Å². The van der Waals surface area contributed by atoms with Gasteiger partial charge in [0, 0.05) is 19.1 Å². The SMILES string of the molecule is CC(C)(C)OC(=O)N1CCCC1CNC1(C(F)(F)F)CC1. The topological polar surface area (TPSA) is 41.6 Å². The van der Waals surface area contributed by atoms with Gasteiger partial charge in [-0.25, -0.2) is 4.79 Å². The Labute approximate surface area is 123 Å². The first-order valence-electron chi connectivity index (χ1n) is 7.35. The molecule has 0 aromatic carbocycles. The van der Waals surface area contributed by atoms with Crippen LogP contribution in [0.4, 0.5) is 18.0 Å². The van der Waals surface area contributed by atoms with Gasteiger partial charge in [-0.1, -0.05) is 0 Å². The molecule has 1 saturated heterocycles. The van der Waals surface area contributed by atoms with Crippen LogP contribution in [0, 0.1) is 0 Å². The second-order valence-corrected chi connectivity index (χ2v) is 6.93. The van der Waals surface area contributed by atoms with Crippen LogP contribution in [0.2, 0.25) is 0 Å². The van der Waals surface area contributed by atoms with E-state index >= 15 is 0 Å². The molecule has 0 aromatic heterocycles. The van der Waals surface area contributed by atoms with Crippen LogP contribution in [-0.4, -0.2) is 47.4 Å². The highest BCUT2D eigenvalue weighted by atomic mass is 19.4. The van der Waals surface area contributed by atoms with Gasteiger partial charge in [-0.05, 0) is 46.5 Å². The molecule has 0 aromatic rings. The lowest BCUT2D eigenvalue weighted by Gasteiger charge is -2.30. The van der Waals surface area contributed by atoms with Crippen molar-refractivity contribution >= 4 is 6.09 Å². The molecule has 0 spiro atoms. The molecule has 1 aliphatic heterocycles. The van der Waals surface area contributed by atoms with Crippen LogP contribution in [0.15, 0.2) is 0 Å². The number of amides is 1. The molecule has 2 fully saturated rings. The molecule has 122 valence electrons. The number of nitrogens with one attached hydrogen (secondary N) is 1. The summed E-state index contributed by atoms with van der Waals surface area (Å²) in [5, 5.41) is 2.63. The Hall–Kier alpha value is -0.980. The first kappa shape index (κ1) is 16.4. The molecule has 4 nitrogen and oxygen atoms in total. The third-order valence-corrected chi connectivity index (χ3v) is 3.97. The zero-order valence-electron chi connectivity index (χ0n) is 12.7. The maximum absolute atomic E-state index is 12.9. The van der Waals surface area contributed by atoms with Gasteiger partial charge in [0.05, 0.1) is 0 Å². The molecular weight excluding hydrogens is 285 g/mol. The Kier molecular flexibility index (Phi) is 4.17. The quantitative estimate of drug-likeness (QED) is 0.871. The highest BCUT2D eigenvalue weighted by Crippen LogP contribution is 2.48. The molecule has 21 heavy (non-hydrogen) atoms. The Balaban J connectivity index is 1.90. The number of carbonyl (C=O) groups excluding carboxylic acids is 1. The summed E-state index contributed by atoms with van der Waals surface area (Å²) >= 11 is 0. The van der Waals surface area contributed by atoms with Gasteiger partial charge >= 0.3 is 12.3 Å². The van der Waals surface area contributed by atoms with Crippen molar-refractivity contribution < 1.29 is 22.7 Å². The maximum Gasteiger partial charge on any atom is 0.410 e. The van der Waals surface area contributed by atoms with Crippen LogP contribution in [0.25, 0.3) is 0 Å². The van der Waals surface area contributed by atoms with Crippen LogP contribution in [0.5, 0.6) is 0 Å². The van der Waals surface area contributed by atoms with E-state index < -0.39 is 23.4 Å². The number of halogens is 3. The van der Waals surface area contributed by atoms with Crippen molar-refractivity contribution in [2.75, 3.05) is 13.1 Å². The minimum Gasteiger partial charge on any atom is -0.444 e. The number of rotatable bonds is 3. The third kappa shape index (κ3) is 3.81. The Morgan fingerprint density at radius 2 is 1.95 bits per heavy atom. The molecule has 1 N–H and O–H groups in total. The van der Waals surface area contributed by atoms with E-state index in [0.29, 0.717) is 13.0 Å². The average Bonchev–Trinajstić information content (AvgIpc) is 2.95. The lowest BCUT2D eigenvalue weighted by Crippen LogP contribution is -2.51. The van der Waals surface area contributed by atoms with Gasteiger partial charge in [0.15, 0.2) is 0 Å². The summed E-state index contributed by atoms with van der Waals surface area (Å²) < 4.78 is 43.9. The first-order valence-corrected chi connectivity index (χ1v) is 7.35. The molecule has 1 unspecified atom stereocenters. The standard InChI is InChI=1S/C14H23F3N2O2/c1-12(2,3)21-11(20)19-8-4-5-10(19)9-18-13(6-7-13)14(15,16)17/h10,18H,4-9H2,1-3H3. The van der Waals surface area contributed by atoms with E-state index in [0.717, 1.165) is 6.42 Å². The number of likely N-dealkylation sites (tertiary alicyclic amines) is 1. The average molecular weight is 308 g/mol. The summed E-state index contributed by atoms with van der Waals surface area (Å²) in [7, 11) is 0. The highest BCUT2D eigenvalue weighted by Gasteiger charge is 2.63. The predicted octanol–water partition coefficient (Wildman–Crippen LogP) is 3.07. The van der Waals surface area contributed by atoms with E-state index in [1.807, 2.05) is 0 Å². The molecule has 7 heteroatoms. The third-order valence-electron chi connectivity index (χ3n) is 3.97. The Bertz CT molecular complexity index is 400. The Morgan fingerprint density at radius 3 is 2.43 bits per heavy atom. The van der Waals surface area contributed by atoms with E-state index in [9.17, 15) is 18.0 Å². The predicted molar refractivity (Wildman–Crippen MR) is 72.0 cm³/mol. The van der Waals surface area contributed by atoms with Crippen LogP contribution in [-0.2, 0) is 4.74 Å². The summed E-state index contributed by atoms with van der Waals surface area (Å²) in [5.74, 6) is 0. The van der Waals surface area contributed by atoms with Crippen molar-refractivity contribution in [3.8, 4) is 0 Å². The fourth-order valence-corrected chi connectivity index (χ4v) is 2.61. The van der Waals surface area contributed by atoms with Gasteiger partial charge in [-0.2, -0.15) is 13.2 Å². The minimum absolute atomic E-state index is 0.121. The lowest BCUT2D eigenvalue weighted by atomic mass is 10.2. The van der Waals surface area contributed by atoms with Gasteiger partial charge in [0.25, 0.3) is 0 Å². The largest absolute Gasteiger partial charge is 0.444 e. The molecule has 1 saturated carbocycles. The number of alkyl halides is 3. The molecule has 1 heterocycles. The van der Waals surface area contributed by atoms with E-state index in [1.54, 1.807) is 25.7 Å². The van der Waals surface area contributed by atoms with Gasteiger partial charge in [-0.15, -0.1) is 0 Å². The van der Waals surface area contributed by atoms with Crippen molar-refractivity contribution in [2.45, 2.75) is 69.8 Å². The van der Waals surface area contributed by atoms with Crippen LogP contribution >= 0.6 is 0 Å². The maximum atomic E-state index is 12.9. The molecule has 0 radical (unpaired) electrons. The second-order valence-electron chi connectivity index (χ2n) is 6.93. The van der Waals surface area contributed by atoms with Crippen molar-refractivity contribution in [1.82, 2.24) is 10.2 Å². The van der Waals surface area contributed by atoms with E-state index in [4.69, 9.17) is 4.74 Å². The molecule has 1 aliphatic carbocycles. The second kappa shape index (κ2) is 5.34. The number of nitrogens with zero attached hydrogens (tertiary/aromatic N) is 1. The fraction of sp³-hybridized carbons (Fsp3) is 0.929. The molecule has 1 atom stereocenters. The van der Waals surface area contributed by atoms with Crippen LogP contribution in [0.3, 0.4) is 0 Å². The molecule has 2 aliphatic rings. The van der Waals surface area contributed by atoms with Crippen LogP contribution < -0.4 is 5.32 Å². The minimum atomic E-state index is -4.22. The normalized spacial score (nSPS) is 25.0. The van der Waals surface area contributed by atoms with Crippen LogP contribution in [0.1, 0.15) is 46.5 Å². The number of carbonyl (C=O) groups is 1. The lowest BCUT2D eigenvalue weighted by molar-refractivity contribution is -0.166. The zero-order valence-corrected chi connectivity index (χ0v) is 12.7. The van der Waals surface area contributed by atoms with Crippen molar-refractivity contribution in [1.29, 1.82) is 0 Å². The summed E-state index contributed by atoms with van der Waals surface area (Å²) in [5.41, 5.74) is -2.32. The van der Waals surface area contributed by atoms with E-state index in [2.05, 4.69) is 5.32 Å². The zero-order chi connectivity index (χ0) is 15.9. The van der Waals surface area contributed by atoms with E-state index in [-0.39, 0.29) is 25.4 Å². The molecular formula is C14H23F3N2O2. The first-order chi connectivity index (χ1) is 9.54. The van der Waals surface area contributed by atoms with Gasteiger partial charge in [-0.3, -0.25) is 0 Å². The molecule has 2 rings (SSSR count). The number of ether oxygens (including phenoxy) is 1. The molecule has 1 amide bonds. The molecule has 0 bridgehead atoms. The number of hydrogen-bond acceptors (Lipinski definition) is 3.